The third-order valence-electron chi connectivity index (χ3n) is 0.596. The van der Waals surface area contributed by atoms with Crippen LogP contribution in [0.25, 0.3) is 0 Å². The molecule has 2 N–H and O–H groups in total. The summed E-state index contributed by atoms with van der Waals surface area (Å²) in [7, 11) is 0. The third-order valence-corrected chi connectivity index (χ3v) is 0.863. The van der Waals surface area contributed by atoms with Crippen molar-refractivity contribution in [2.24, 2.45) is 0 Å². The summed E-state index contributed by atoms with van der Waals surface area (Å²) < 4.78 is 0. The molecule has 0 aliphatic carbocycles. The van der Waals surface area contributed by atoms with E-state index in [1.54, 1.807) is 0 Å². The van der Waals surface area contributed by atoms with Gasteiger partial charge in [-0.05, 0) is 12.8 Å². The van der Waals surface area contributed by atoms with Crippen molar-refractivity contribution in [3.8, 4) is 0 Å². The van der Waals surface area contributed by atoms with Crippen LogP contribution in [0.2, 0.25) is 0 Å². The highest BCUT2D eigenvalue weighted by molar-refractivity contribution is 6.17. The van der Waals surface area contributed by atoms with Crippen LogP contribution in [0.3, 0.4) is 0 Å². The molecule has 0 aliphatic heterocycles. The van der Waals surface area contributed by atoms with Crippen LogP contribution in [-0.4, -0.2) is 22.4 Å². The van der Waals surface area contributed by atoms with E-state index in [4.69, 9.17) is 21.8 Å². The highest BCUT2D eigenvalue weighted by Gasteiger charge is 1.92. The molecule has 2 nitrogen and oxygen atoms in total. The zero-order valence-corrected chi connectivity index (χ0v) is 4.73. The van der Waals surface area contributed by atoms with E-state index in [-0.39, 0.29) is 0 Å². The third kappa shape index (κ3) is 6.21. The molecule has 0 bridgehead atoms. The molecule has 0 unspecified atom stereocenters. The van der Waals surface area contributed by atoms with E-state index in [9.17, 15) is 0 Å². The van der Waals surface area contributed by atoms with Crippen molar-refractivity contribution in [2.45, 2.75) is 19.1 Å². The largest absolute Gasteiger partial charge is 0.368 e. The van der Waals surface area contributed by atoms with E-state index in [1.807, 2.05) is 0 Å². The SMILES string of the molecule is OC(O)CCCCl. The summed E-state index contributed by atoms with van der Waals surface area (Å²) in [5.41, 5.74) is 0. The van der Waals surface area contributed by atoms with E-state index in [2.05, 4.69) is 0 Å². The maximum Gasteiger partial charge on any atom is 0.151 e. The summed E-state index contributed by atoms with van der Waals surface area (Å²) in [4.78, 5) is 0. The molecule has 0 aromatic carbocycles. The Morgan fingerprint density at radius 2 is 2.00 bits per heavy atom. The lowest BCUT2D eigenvalue weighted by molar-refractivity contribution is -0.0452. The first-order valence-corrected chi connectivity index (χ1v) is 2.73. The number of hydrogen-bond acceptors (Lipinski definition) is 2. The van der Waals surface area contributed by atoms with Gasteiger partial charge in [-0.2, -0.15) is 0 Å². The summed E-state index contributed by atoms with van der Waals surface area (Å²) in [6.45, 7) is 0. The molecule has 3 heteroatoms. The van der Waals surface area contributed by atoms with Crippen molar-refractivity contribution >= 4 is 11.6 Å². The Morgan fingerprint density at radius 3 is 2.14 bits per heavy atom. The van der Waals surface area contributed by atoms with Gasteiger partial charge in [-0.15, -0.1) is 11.6 Å². The molecule has 0 aromatic heterocycles. The Bertz CT molecular complexity index is 38.7. The van der Waals surface area contributed by atoms with Gasteiger partial charge < -0.3 is 10.2 Å². The van der Waals surface area contributed by atoms with E-state index in [0.29, 0.717) is 18.7 Å². The summed E-state index contributed by atoms with van der Waals surface area (Å²) in [6, 6.07) is 0. The summed E-state index contributed by atoms with van der Waals surface area (Å²) in [5, 5.41) is 16.4. The Labute approximate surface area is 47.7 Å². The molecule has 44 valence electrons. The molecule has 0 saturated carbocycles. The topological polar surface area (TPSA) is 40.5 Å². The Morgan fingerprint density at radius 1 is 1.43 bits per heavy atom. The number of halogens is 1. The van der Waals surface area contributed by atoms with Crippen LogP contribution < -0.4 is 0 Å². The molecule has 0 aliphatic rings. The molecule has 0 saturated heterocycles. The first kappa shape index (κ1) is 7.21. The molecule has 0 spiro atoms. The second kappa shape index (κ2) is 4.37. The highest BCUT2D eigenvalue weighted by atomic mass is 35.5. The number of rotatable bonds is 3. The van der Waals surface area contributed by atoms with Crippen molar-refractivity contribution in [3.05, 3.63) is 0 Å². The fourth-order valence-electron chi connectivity index (χ4n) is 0.260. The minimum atomic E-state index is -1.18. The van der Waals surface area contributed by atoms with Crippen molar-refractivity contribution < 1.29 is 10.2 Å². The summed E-state index contributed by atoms with van der Waals surface area (Å²) in [5.74, 6) is 0.498. The molecule has 0 radical (unpaired) electrons. The highest BCUT2D eigenvalue weighted by Crippen LogP contribution is 1.93. The first-order valence-electron chi connectivity index (χ1n) is 2.19. The monoisotopic (exact) mass is 124 g/mol. The van der Waals surface area contributed by atoms with Crippen LogP contribution in [0.5, 0.6) is 0 Å². The van der Waals surface area contributed by atoms with Gasteiger partial charge in [-0.3, -0.25) is 0 Å². The van der Waals surface area contributed by atoms with Gasteiger partial charge in [0, 0.05) is 5.88 Å². The number of aliphatic hydroxyl groups excluding tert-OH is 1. The van der Waals surface area contributed by atoms with Crippen LogP contribution in [0.4, 0.5) is 0 Å². The van der Waals surface area contributed by atoms with E-state index >= 15 is 0 Å². The average Bonchev–Trinajstić information content (AvgIpc) is 1.61. The van der Waals surface area contributed by atoms with Crippen LogP contribution in [0.15, 0.2) is 0 Å². The van der Waals surface area contributed by atoms with Gasteiger partial charge in [0.2, 0.25) is 0 Å². The summed E-state index contributed by atoms with van der Waals surface area (Å²) >= 11 is 5.22. The lowest BCUT2D eigenvalue weighted by atomic mass is 10.3. The van der Waals surface area contributed by atoms with E-state index in [1.165, 1.54) is 0 Å². The van der Waals surface area contributed by atoms with Crippen LogP contribution in [-0.2, 0) is 0 Å². The Balaban J connectivity index is 2.68. The smallest absolute Gasteiger partial charge is 0.151 e. The second-order valence-electron chi connectivity index (χ2n) is 1.31. The maximum atomic E-state index is 8.18. The van der Waals surface area contributed by atoms with Gasteiger partial charge in [-0.25, -0.2) is 0 Å². The lowest BCUT2D eigenvalue weighted by Gasteiger charge is -1.96. The molecule has 0 amide bonds. The molecular weight excluding hydrogens is 115 g/mol. The maximum absolute atomic E-state index is 8.18. The van der Waals surface area contributed by atoms with Crippen LogP contribution >= 0.6 is 11.6 Å². The van der Waals surface area contributed by atoms with E-state index < -0.39 is 6.29 Å². The lowest BCUT2D eigenvalue weighted by Crippen LogP contribution is -2.02. The van der Waals surface area contributed by atoms with Gasteiger partial charge in [0.25, 0.3) is 0 Å². The molecule has 0 atom stereocenters. The van der Waals surface area contributed by atoms with Crippen molar-refractivity contribution in [3.63, 3.8) is 0 Å². The minimum absolute atomic E-state index is 0.378. The second-order valence-corrected chi connectivity index (χ2v) is 1.69. The fourth-order valence-corrected chi connectivity index (χ4v) is 0.414. The number of aliphatic hydroxyl groups is 2. The van der Waals surface area contributed by atoms with Crippen LogP contribution in [0, 0.1) is 0 Å². The van der Waals surface area contributed by atoms with Gasteiger partial charge in [-0.1, -0.05) is 0 Å². The molecule has 0 rings (SSSR count). The molecule has 0 heterocycles. The first-order chi connectivity index (χ1) is 3.27. The quantitative estimate of drug-likeness (QED) is 0.420. The van der Waals surface area contributed by atoms with E-state index in [0.717, 1.165) is 0 Å². The predicted molar refractivity (Wildman–Crippen MR) is 28.2 cm³/mol. The van der Waals surface area contributed by atoms with Crippen molar-refractivity contribution in [1.29, 1.82) is 0 Å². The standard InChI is InChI=1S/C4H9ClO2/c5-3-1-2-4(6)7/h4,6-7H,1-3H2. The Kier molecular flexibility index (Phi) is 4.50. The molecular formula is C4H9ClO2. The van der Waals surface area contributed by atoms with Crippen molar-refractivity contribution in [2.75, 3.05) is 5.88 Å². The van der Waals surface area contributed by atoms with Gasteiger partial charge in [0.15, 0.2) is 6.29 Å². The van der Waals surface area contributed by atoms with Gasteiger partial charge in [0.1, 0.15) is 0 Å². The predicted octanol–water partition coefficient (Wildman–Crippen LogP) is 0.316. The zero-order chi connectivity index (χ0) is 5.70. The number of hydrogen-bond donors (Lipinski definition) is 2. The normalized spacial score (nSPS) is 10.3. The van der Waals surface area contributed by atoms with Gasteiger partial charge in [0.05, 0.1) is 0 Å². The molecule has 7 heavy (non-hydrogen) atoms. The zero-order valence-electron chi connectivity index (χ0n) is 3.97. The minimum Gasteiger partial charge on any atom is -0.368 e. The van der Waals surface area contributed by atoms with Gasteiger partial charge >= 0.3 is 0 Å². The van der Waals surface area contributed by atoms with Crippen LogP contribution in [0.1, 0.15) is 12.8 Å². The fraction of sp³-hybridized carbons (Fsp3) is 1.00. The summed E-state index contributed by atoms with van der Waals surface area (Å²) in [6.07, 6.45) is -0.137. The number of alkyl halides is 1. The average molecular weight is 125 g/mol. The molecule has 0 aromatic rings. The molecule has 0 fully saturated rings. The Hall–Kier alpha value is 0.210. The van der Waals surface area contributed by atoms with Crippen molar-refractivity contribution in [1.82, 2.24) is 0 Å².